The molecule has 3 aromatic rings. The lowest BCUT2D eigenvalue weighted by molar-refractivity contribution is 0.328. The van der Waals surface area contributed by atoms with Crippen LogP contribution in [0.5, 0.6) is 5.75 Å². The molecule has 2 heterocycles. The van der Waals surface area contributed by atoms with E-state index in [4.69, 9.17) is 22.1 Å². The fraction of sp³-hybridized carbons (Fsp3) is 0.238. The highest BCUT2D eigenvalue weighted by molar-refractivity contribution is 6.32. The first-order valence-electron chi connectivity index (χ1n) is 8.72. The molecule has 140 valence electrons. The third kappa shape index (κ3) is 4.38. The second-order valence-electron chi connectivity index (χ2n) is 6.39. The summed E-state index contributed by atoms with van der Waals surface area (Å²) in [7, 11) is 1.72. The predicted octanol–water partition coefficient (Wildman–Crippen LogP) is 3.34. The maximum Gasteiger partial charge on any atom is 0.250 e. The molecule has 2 aromatic heterocycles. The van der Waals surface area contributed by atoms with E-state index in [9.17, 15) is 4.79 Å². The standard InChI is InChI=1S/C21H22ClN3O2/c1-14-16(4-6-19(21(14)22)27-10-8-23)11-15-3-5-18(24-13-15)17-7-9-25(2)20(26)12-17/h3-7,9,12-13H,8,10-11,23H2,1-2H3. The van der Waals surface area contributed by atoms with Crippen molar-refractivity contribution in [3.05, 3.63) is 80.9 Å². The fourth-order valence-corrected chi connectivity index (χ4v) is 3.04. The molecule has 0 amide bonds. The molecule has 0 atom stereocenters. The van der Waals surface area contributed by atoms with Gasteiger partial charge in [-0.25, -0.2) is 0 Å². The number of hydrogen-bond acceptors (Lipinski definition) is 4. The number of rotatable bonds is 6. The van der Waals surface area contributed by atoms with E-state index < -0.39 is 0 Å². The number of halogens is 1. The first-order valence-corrected chi connectivity index (χ1v) is 9.10. The van der Waals surface area contributed by atoms with Crippen molar-refractivity contribution < 1.29 is 4.74 Å². The molecule has 0 aliphatic rings. The topological polar surface area (TPSA) is 70.1 Å². The zero-order valence-corrected chi connectivity index (χ0v) is 16.2. The normalized spacial score (nSPS) is 10.8. The second-order valence-corrected chi connectivity index (χ2v) is 6.77. The lowest BCUT2D eigenvalue weighted by Gasteiger charge is -2.13. The third-order valence-corrected chi connectivity index (χ3v) is 4.93. The maximum absolute atomic E-state index is 11.8. The van der Waals surface area contributed by atoms with Crippen molar-refractivity contribution in [2.24, 2.45) is 12.8 Å². The lowest BCUT2D eigenvalue weighted by Crippen LogP contribution is -2.14. The average Bonchev–Trinajstić information content (AvgIpc) is 2.68. The first kappa shape index (κ1) is 19.1. The Bertz CT molecular complexity index is 997. The van der Waals surface area contributed by atoms with Crippen molar-refractivity contribution in [3.63, 3.8) is 0 Å². The molecule has 2 N–H and O–H groups in total. The number of aryl methyl sites for hydroxylation is 1. The molecule has 0 radical (unpaired) electrons. The van der Waals surface area contributed by atoms with Crippen LogP contribution in [0.2, 0.25) is 5.02 Å². The Morgan fingerprint density at radius 3 is 2.70 bits per heavy atom. The van der Waals surface area contributed by atoms with Crippen LogP contribution in [0.25, 0.3) is 11.3 Å². The number of nitrogens with zero attached hydrogens (tertiary/aromatic N) is 2. The van der Waals surface area contributed by atoms with Crippen molar-refractivity contribution >= 4 is 11.6 Å². The Morgan fingerprint density at radius 1 is 1.22 bits per heavy atom. The van der Waals surface area contributed by atoms with Crippen LogP contribution in [0.15, 0.2) is 53.6 Å². The van der Waals surface area contributed by atoms with Gasteiger partial charge in [0.15, 0.2) is 0 Å². The van der Waals surface area contributed by atoms with Crippen LogP contribution in [-0.4, -0.2) is 22.7 Å². The van der Waals surface area contributed by atoms with Gasteiger partial charge in [-0.05, 0) is 48.2 Å². The summed E-state index contributed by atoms with van der Waals surface area (Å²) in [6.07, 6.45) is 4.29. The summed E-state index contributed by atoms with van der Waals surface area (Å²) in [5.74, 6) is 0.655. The Labute approximate surface area is 163 Å². The molecule has 0 unspecified atom stereocenters. The van der Waals surface area contributed by atoms with Gasteiger partial charge in [0.1, 0.15) is 12.4 Å². The maximum atomic E-state index is 11.8. The average molecular weight is 384 g/mol. The van der Waals surface area contributed by atoms with Crippen molar-refractivity contribution in [1.29, 1.82) is 0 Å². The number of hydrogen-bond donors (Lipinski definition) is 1. The van der Waals surface area contributed by atoms with Crippen LogP contribution in [0.3, 0.4) is 0 Å². The number of ether oxygens (including phenoxy) is 1. The van der Waals surface area contributed by atoms with Gasteiger partial charge < -0.3 is 15.0 Å². The lowest BCUT2D eigenvalue weighted by atomic mass is 10.0. The molecule has 1 aromatic carbocycles. The van der Waals surface area contributed by atoms with Crippen molar-refractivity contribution in [1.82, 2.24) is 9.55 Å². The Hall–Kier alpha value is -2.63. The van der Waals surface area contributed by atoms with Gasteiger partial charge in [0.05, 0.1) is 10.7 Å². The van der Waals surface area contributed by atoms with Gasteiger partial charge in [0.2, 0.25) is 0 Å². The molecular weight excluding hydrogens is 362 g/mol. The summed E-state index contributed by atoms with van der Waals surface area (Å²) in [5, 5.41) is 0.616. The quantitative estimate of drug-likeness (QED) is 0.708. The number of aromatic nitrogens is 2. The Balaban J connectivity index is 1.79. The van der Waals surface area contributed by atoms with E-state index in [1.165, 1.54) is 4.57 Å². The fourth-order valence-electron chi connectivity index (χ4n) is 2.80. The van der Waals surface area contributed by atoms with Crippen LogP contribution >= 0.6 is 11.6 Å². The van der Waals surface area contributed by atoms with E-state index >= 15 is 0 Å². The van der Waals surface area contributed by atoms with E-state index in [-0.39, 0.29) is 5.56 Å². The highest BCUT2D eigenvalue weighted by Crippen LogP contribution is 2.31. The van der Waals surface area contributed by atoms with E-state index in [0.29, 0.717) is 30.3 Å². The molecule has 27 heavy (non-hydrogen) atoms. The zero-order valence-electron chi connectivity index (χ0n) is 15.4. The van der Waals surface area contributed by atoms with Gasteiger partial charge in [0, 0.05) is 37.6 Å². The van der Waals surface area contributed by atoms with E-state index in [1.54, 1.807) is 19.3 Å². The highest BCUT2D eigenvalue weighted by Gasteiger charge is 2.10. The van der Waals surface area contributed by atoms with E-state index in [0.717, 1.165) is 27.9 Å². The summed E-state index contributed by atoms with van der Waals surface area (Å²) >= 11 is 6.42. The van der Waals surface area contributed by atoms with Gasteiger partial charge in [-0.3, -0.25) is 9.78 Å². The molecule has 6 heteroatoms. The second kappa shape index (κ2) is 8.37. The van der Waals surface area contributed by atoms with Gasteiger partial charge in [-0.1, -0.05) is 23.7 Å². The van der Waals surface area contributed by atoms with Crippen LogP contribution in [0.1, 0.15) is 16.7 Å². The molecular formula is C21H22ClN3O2. The van der Waals surface area contributed by atoms with Crippen LogP contribution in [-0.2, 0) is 13.5 Å². The monoisotopic (exact) mass is 383 g/mol. The molecule has 0 aliphatic heterocycles. The Kier molecular flexibility index (Phi) is 5.94. The van der Waals surface area contributed by atoms with Crippen molar-refractivity contribution in [2.45, 2.75) is 13.3 Å². The van der Waals surface area contributed by atoms with Crippen LogP contribution in [0, 0.1) is 6.92 Å². The summed E-state index contributed by atoms with van der Waals surface area (Å²) in [6.45, 7) is 2.86. The molecule has 0 spiro atoms. The summed E-state index contributed by atoms with van der Waals surface area (Å²) < 4.78 is 7.09. The van der Waals surface area contributed by atoms with Crippen LogP contribution in [0.4, 0.5) is 0 Å². The summed E-state index contributed by atoms with van der Waals surface area (Å²) in [5.41, 5.74) is 10.2. The highest BCUT2D eigenvalue weighted by atomic mass is 35.5. The van der Waals surface area contributed by atoms with Crippen molar-refractivity contribution in [3.8, 4) is 17.0 Å². The largest absolute Gasteiger partial charge is 0.491 e. The smallest absolute Gasteiger partial charge is 0.250 e. The molecule has 0 bridgehead atoms. The summed E-state index contributed by atoms with van der Waals surface area (Å²) in [6, 6.07) is 11.3. The first-order chi connectivity index (χ1) is 13.0. The SMILES string of the molecule is Cc1c(Cc2ccc(-c3ccn(C)c(=O)c3)nc2)ccc(OCCN)c1Cl. The predicted molar refractivity (Wildman–Crippen MR) is 108 cm³/mol. The van der Waals surface area contributed by atoms with Crippen molar-refractivity contribution in [2.75, 3.05) is 13.2 Å². The van der Waals surface area contributed by atoms with Gasteiger partial charge in [0.25, 0.3) is 5.56 Å². The van der Waals surface area contributed by atoms with Gasteiger partial charge in [-0.2, -0.15) is 0 Å². The minimum Gasteiger partial charge on any atom is -0.491 e. The zero-order chi connectivity index (χ0) is 19.4. The van der Waals surface area contributed by atoms with E-state index in [2.05, 4.69) is 4.98 Å². The molecule has 0 aliphatic carbocycles. The Morgan fingerprint density at radius 2 is 2.04 bits per heavy atom. The molecule has 3 rings (SSSR count). The van der Waals surface area contributed by atoms with Gasteiger partial charge in [-0.15, -0.1) is 0 Å². The van der Waals surface area contributed by atoms with Crippen LogP contribution < -0.4 is 16.0 Å². The van der Waals surface area contributed by atoms with E-state index in [1.807, 2.05) is 43.5 Å². The minimum atomic E-state index is -0.0550. The van der Waals surface area contributed by atoms with Gasteiger partial charge >= 0.3 is 0 Å². The molecule has 0 saturated heterocycles. The number of benzene rings is 1. The number of nitrogens with two attached hydrogens (primary N) is 1. The third-order valence-electron chi connectivity index (χ3n) is 4.46. The molecule has 5 nitrogen and oxygen atoms in total. The summed E-state index contributed by atoms with van der Waals surface area (Å²) in [4.78, 5) is 16.3. The molecule has 0 fully saturated rings. The molecule has 0 saturated carbocycles. The minimum absolute atomic E-state index is 0.0550. The number of pyridine rings is 2.